The first-order chi connectivity index (χ1) is 14.1. The maximum atomic E-state index is 12.7. The van der Waals surface area contributed by atoms with Crippen LogP contribution < -0.4 is 19.7 Å². The number of hydrogen-bond donors (Lipinski definition) is 1. The van der Waals surface area contributed by atoms with E-state index in [0.717, 1.165) is 12.1 Å². The zero-order chi connectivity index (χ0) is 20.4. The zero-order valence-electron chi connectivity index (χ0n) is 16.7. The monoisotopic (exact) mass is 395 g/mol. The normalized spacial score (nSPS) is 18.4. The summed E-state index contributed by atoms with van der Waals surface area (Å²) in [4.78, 5) is 28.8. The molecule has 3 amide bonds. The van der Waals surface area contributed by atoms with Crippen molar-refractivity contribution in [3.63, 3.8) is 0 Å². The molecule has 1 N–H and O–H groups in total. The number of ether oxygens (including phenoxy) is 2. The number of rotatable bonds is 4. The van der Waals surface area contributed by atoms with E-state index >= 15 is 0 Å². The van der Waals surface area contributed by atoms with Gasteiger partial charge in [0.1, 0.15) is 0 Å². The third-order valence-electron chi connectivity index (χ3n) is 5.55. The number of anilines is 1. The van der Waals surface area contributed by atoms with Crippen LogP contribution in [0.1, 0.15) is 17.5 Å². The Morgan fingerprint density at radius 1 is 1.07 bits per heavy atom. The summed E-state index contributed by atoms with van der Waals surface area (Å²) in [6.07, 6.45) is 1.13. The summed E-state index contributed by atoms with van der Waals surface area (Å²) in [6.45, 7) is 1.72. The van der Waals surface area contributed by atoms with Gasteiger partial charge in [0.2, 0.25) is 5.91 Å². The Kier molecular flexibility index (Phi) is 5.29. The predicted octanol–water partition coefficient (Wildman–Crippen LogP) is 2.58. The fourth-order valence-electron chi connectivity index (χ4n) is 3.98. The van der Waals surface area contributed by atoms with Crippen LogP contribution in [0, 0.1) is 0 Å². The number of methoxy groups -OCH3 is 2. The minimum atomic E-state index is -0.222. The molecule has 7 heteroatoms. The lowest BCUT2D eigenvalue weighted by Gasteiger charge is -2.30. The van der Waals surface area contributed by atoms with Gasteiger partial charge in [-0.3, -0.25) is 4.79 Å². The van der Waals surface area contributed by atoms with Gasteiger partial charge in [-0.2, -0.15) is 0 Å². The lowest BCUT2D eigenvalue weighted by Crippen LogP contribution is -2.47. The lowest BCUT2D eigenvalue weighted by molar-refractivity contribution is -0.117. The van der Waals surface area contributed by atoms with Crippen LogP contribution in [0.4, 0.5) is 10.5 Å². The third kappa shape index (κ3) is 3.85. The molecule has 29 heavy (non-hydrogen) atoms. The van der Waals surface area contributed by atoms with Gasteiger partial charge in [0.05, 0.1) is 20.3 Å². The summed E-state index contributed by atoms with van der Waals surface area (Å²) in [5, 5.41) is 3.03. The van der Waals surface area contributed by atoms with Crippen LogP contribution >= 0.6 is 0 Å². The molecule has 2 aromatic rings. The Bertz CT molecular complexity index is 930. The standard InChI is InChI=1S/C22H25N3O4/c1-28-19-8-7-18(12-20(19)29-2)25-14-17(11-21(25)26)23-22(27)24-10-9-15-5-3-4-6-16(15)13-24/h3-8,12,17H,9-11,13-14H2,1-2H3,(H,23,27). The van der Waals surface area contributed by atoms with Gasteiger partial charge in [-0.15, -0.1) is 0 Å². The Morgan fingerprint density at radius 3 is 2.59 bits per heavy atom. The second kappa shape index (κ2) is 8.03. The smallest absolute Gasteiger partial charge is 0.318 e. The molecule has 0 aliphatic carbocycles. The molecule has 4 rings (SSSR count). The summed E-state index contributed by atoms with van der Waals surface area (Å²) in [6, 6.07) is 13.2. The lowest BCUT2D eigenvalue weighted by atomic mass is 10.0. The minimum Gasteiger partial charge on any atom is -0.493 e. The van der Waals surface area contributed by atoms with Gasteiger partial charge in [0, 0.05) is 37.8 Å². The van der Waals surface area contributed by atoms with Gasteiger partial charge in [-0.1, -0.05) is 24.3 Å². The van der Waals surface area contributed by atoms with Crippen molar-refractivity contribution in [2.45, 2.75) is 25.4 Å². The molecule has 2 heterocycles. The fraction of sp³-hybridized carbons (Fsp3) is 0.364. The first kappa shape index (κ1) is 19.1. The maximum absolute atomic E-state index is 12.7. The summed E-state index contributed by atoms with van der Waals surface area (Å²) in [5.41, 5.74) is 3.21. The van der Waals surface area contributed by atoms with Crippen LogP contribution in [-0.2, 0) is 17.8 Å². The molecule has 0 radical (unpaired) electrons. The zero-order valence-corrected chi connectivity index (χ0v) is 16.7. The van der Waals surface area contributed by atoms with Gasteiger partial charge < -0.3 is 24.6 Å². The fourth-order valence-corrected chi connectivity index (χ4v) is 3.98. The molecule has 0 bridgehead atoms. The molecule has 2 aliphatic rings. The van der Waals surface area contributed by atoms with E-state index in [-0.39, 0.29) is 24.4 Å². The highest BCUT2D eigenvalue weighted by atomic mass is 16.5. The average molecular weight is 395 g/mol. The molecule has 2 aliphatic heterocycles. The molecule has 152 valence electrons. The number of nitrogens with one attached hydrogen (secondary N) is 1. The van der Waals surface area contributed by atoms with Gasteiger partial charge in [0.25, 0.3) is 0 Å². The molecule has 7 nitrogen and oxygen atoms in total. The highest BCUT2D eigenvalue weighted by Crippen LogP contribution is 2.33. The Hall–Kier alpha value is -3.22. The molecular formula is C22H25N3O4. The van der Waals surface area contributed by atoms with Crippen molar-refractivity contribution in [2.75, 3.05) is 32.2 Å². The average Bonchev–Trinajstić information content (AvgIpc) is 3.12. The van der Waals surface area contributed by atoms with Crippen molar-refractivity contribution in [1.82, 2.24) is 10.2 Å². The van der Waals surface area contributed by atoms with Crippen LogP contribution in [0.25, 0.3) is 0 Å². The Balaban J connectivity index is 1.40. The van der Waals surface area contributed by atoms with E-state index in [1.807, 2.05) is 23.1 Å². The minimum absolute atomic E-state index is 0.0218. The molecule has 1 saturated heterocycles. The maximum Gasteiger partial charge on any atom is 0.318 e. The number of nitrogens with zero attached hydrogens (tertiary/aromatic N) is 2. The van der Waals surface area contributed by atoms with Gasteiger partial charge in [-0.05, 0) is 29.7 Å². The molecule has 1 fully saturated rings. The quantitative estimate of drug-likeness (QED) is 0.864. The molecule has 0 aromatic heterocycles. The first-order valence-corrected chi connectivity index (χ1v) is 9.73. The number of urea groups is 1. The van der Waals surface area contributed by atoms with Crippen molar-refractivity contribution in [3.8, 4) is 11.5 Å². The predicted molar refractivity (Wildman–Crippen MR) is 109 cm³/mol. The Morgan fingerprint density at radius 2 is 1.83 bits per heavy atom. The third-order valence-corrected chi connectivity index (χ3v) is 5.55. The van der Waals surface area contributed by atoms with Gasteiger partial charge >= 0.3 is 6.03 Å². The van der Waals surface area contributed by atoms with Crippen molar-refractivity contribution >= 4 is 17.6 Å². The van der Waals surface area contributed by atoms with Gasteiger partial charge in [0.15, 0.2) is 11.5 Å². The van der Waals surface area contributed by atoms with E-state index in [1.165, 1.54) is 11.1 Å². The highest BCUT2D eigenvalue weighted by molar-refractivity contribution is 5.97. The van der Waals surface area contributed by atoms with Gasteiger partial charge in [-0.25, -0.2) is 4.79 Å². The molecule has 0 saturated carbocycles. The van der Waals surface area contributed by atoms with E-state index in [2.05, 4.69) is 17.4 Å². The van der Waals surface area contributed by atoms with Crippen molar-refractivity contribution < 1.29 is 19.1 Å². The Labute approximate surface area is 170 Å². The highest BCUT2D eigenvalue weighted by Gasteiger charge is 2.33. The van der Waals surface area contributed by atoms with E-state index in [4.69, 9.17) is 9.47 Å². The van der Waals surface area contributed by atoms with Crippen LogP contribution in [0.2, 0.25) is 0 Å². The number of hydrogen-bond acceptors (Lipinski definition) is 4. The second-order valence-electron chi connectivity index (χ2n) is 7.33. The summed E-state index contributed by atoms with van der Waals surface area (Å²) in [7, 11) is 3.14. The number of carbonyl (C=O) groups excluding carboxylic acids is 2. The van der Waals surface area contributed by atoms with Crippen molar-refractivity contribution in [3.05, 3.63) is 53.6 Å². The summed E-state index contributed by atoms with van der Waals surface area (Å²) in [5.74, 6) is 1.15. The number of amides is 3. The summed E-state index contributed by atoms with van der Waals surface area (Å²) < 4.78 is 10.6. The first-order valence-electron chi connectivity index (χ1n) is 9.73. The van der Waals surface area contributed by atoms with Crippen LogP contribution in [0.5, 0.6) is 11.5 Å². The van der Waals surface area contributed by atoms with Crippen molar-refractivity contribution in [1.29, 1.82) is 0 Å². The van der Waals surface area contributed by atoms with E-state index in [9.17, 15) is 9.59 Å². The van der Waals surface area contributed by atoms with Crippen LogP contribution in [-0.4, -0.2) is 50.2 Å². The van der Waals surface area contributed by atoms with E-state index in [0.29, 0.717) is 31.1 Å². The number of carbonyl (C=O) groups is 2. The molecule has 1 unspecified atom stereocenters. The molecule has 2 aromatic carbocycles. The van der Waals surface area contributed by atoms with Crippen LogP contribution in [0.3, 0.4) is 0 Å². The number of benzene rings is 2. The topological polar surface area (TPSA) is 71.1 Å². The largest absolute Gasteiger partial charge is 0.493 e. The molecular weight excluding hydrogens is 370 g/mol. The van der Waals surface area contributed by atoms with E-state index in [1.54, 1.807) is 31.3 Å². The van der Waals surface area contributed by atoms with Crippen molar-refractivity contribution in [2.24, 2.45) is 0 Å². The number of fused-ring (bicyclic) bond motifs is 1. The molecule has 1 atom stereocenters. The van der Waals surface area contributed by atoms with Crippen LogP contribution in [0.15, 0.2) is 42.5 Å². The molecule has 0 spiro atoms. The second-order valence-corrected chi connectivity index (χ2v) is 7.33. The van der Waals surface area contributed by atoms with E-state index < -0.39 is 0 Å². The SMILES string of the molecule is COc1ccc(N2CC(NC(=O)N3CCc4ccccc4C3)CC2=O)cc1OC. The summed E-state index contributed by atoms with van der Waals surface area (Å²) >= 11 is 0.